The van der Waals surface area contributed by atoms with Gasteiger partial charge >= 0.3 is 11.9 Å². The van der Waals surface area contributed by atoms with E-state index in [2.05, 4.69) is 16.0 Å². The summed E-state index contributed by atoms with van der Waals surface area (Å²) in [5.74, 6) is -3.35. The van der Waals surface area contributed by atoms with Crippen LogP contribution in [0.2, 0.25) is 20.1 Å². The van der Waals surface area contributed by atoms with Gasteiger partial charge in [0.05, 0.1) is 37.9 Å². The largest absolute Gasteiger partial charge is 0.486 e. The maximum atomic E-state index is 14.5. The average molecular weight is 816 g/mol. The molecule has 4 aromatic rings. The molecule has 0 saturated carbocycles. The Morgan fingerprint density at radius 2 is 1.09 bits per heavy atom. The molecule has 0 aliphatic rings. The molecule has 4 rings (SSSR count). The zero-order chi connectivity index (χ0) is 39.4. The number of carboxylic acid groups (broad SMARTS) is 2. The van der Waals surface area contributed by atoms with Crippen molar-refractivity contribution in [3.8, 4) is 11.5 Å². The molecule has 0 bridgehead atoms. The Bertz CT molecular complexity index is 1900. The second-order valence-electron chi connectivity index (χ2n) is 12.0. The Morgan fingerprint density at radius 1 is 0.679 bits per heavy atom. The van der Waals surface area contributed by atoms with Gasteiger partial charge in [-0.2, -0.15) is 0 Å². The summed E-state index contributed by atoms with van der Waals surface area (Å²) in [6, 6.07) is 15.6. The number of benzene rings is 4. The van der Waals surface area contributed by atoms with Gasteiger partial charge in [0.1, 0.15) is 19.8 Å². The zero-order valence-electron chi connectivity index (χ0n) is 29.0. The van der Waals surface area contributed by atoms with E-state index in [1.54, 1.807) is 36.4 Å². The van der Waals surface area contributed by atoms with Crippen LogP contribution in [-0.4, -0.2) is 46.7 Å². The van der Waals surface area contributed by atoms with Crippen molar-refractivity contribution in [2.24, 2.45) is 0 Å². The molecule has 1 amide bonds. The smallest absolute Gasteiger partial charge is 0.322 e. The highest BCUT2D eigenvalue weighted by Crippen LogP contribution is 2.36. The van der Waals surface area contributed by atoms with Crippen LogP contribution in [0, 0.1) is 11.6 Å². The summed E-state index contributed by atoms with van der Waals surface area (Å²) in [6.07, 6.45) is -0.197. The van der Waals surface area contributed by atoms with E-state index in [1.807, 2.05) is 27.7 Å². The normalized spacial score (nSPS) is 10.7. The lowest BCUT2D eigenvalue weighted by Crippen LogP contribution is -2.29. The fourth-order valence-corrected chi connectivity index (χ4v) is 5.88. The number of aliphatic carboxylic acids is 2. The van der Waals surface area contributed by atoms with E-state index in [9.17, 15) is 23.2 Å². The van der Waals surface area contributed by atoms with Gasteiger partial charge in [-0.3, -0.25) is 14.4 Å². The lowest BCUT2D eigenvalue weighted by molar-refractivity contribution is -0.137. The van der Waals surface area contributed by atoms with Gasteiger partial charge in [-0.15, -0.1) is 0 Å². The van der Waals surface area contributed by atoms with Crippen molar-refractivity contribution >= 4 is 75.6 Å². The maximum absolute atomic E-state index is 14.5. The molecule has 0 unspecified atom stereocenters. The van der Waals surface area contributed by atoms with Gasteiger partial charge in [-0.05, 0) is 69.7 Å². The number of carbonyl (C=O) groups excluding carboxylic acids is 1. The van der Waals surface area contributed by atoms with E-state index in [0.29, 0.717) is 28.1 Å². The highest BCUT2D eigenvalue weighted by atomic mass is 35.5. The molecule has 0 fully saturated rings. The van der Waals surface area contributed by atoms with Crippen molar-refractivity contribution in [3.05, 3.63) is 115 Å². The van der Waals surface area contributed by atoms with Gasteiger partial charge in [0.15, 0.2) is 23.1 Å². The Labute approximate surface area is 325 Å². The van der Waals surface area contributed by atoms with Crippen LogP contribution < -0.4 is 25.4 Å². The molecule has 16 heteroatoms. The van der Waals surface area contributed by atoms with Gasteiger partial charge in [0, 0.05) is 28.8 Å². The number of ether oxygens (including phenoxy) is 2. The quantitative estimate of drug-likeness (QED) is 0.0792. The van der Waals surface area contributed by atoms with Gasteiger partial charge in [-0.25, -0.2) is 8.78 Å². The number of hydrogen-bond acceptors (Lipinski definition) is 7. The fraction of sp³-hybridized carbons (Fsp3) is 0.270. The third-order valence-electron chi connectivity index (χ3n) is 6.86. The van der Waals surface area contributed by atoms with Crippen molar-refractivity contribution in [2.75, 3.05) is 17.2 Å². The van der Waals surface area contributed by atoms with Crippen LogP contribution in [-0.2, 0) is 29.2 Å². The van der Waals surface area contributed by atoms with Crippen LogP contribution in [0.5, 0.6) is 11.5 Å². The summed E-state index contributed by atoms with van der Waals surface area (Å²) in [7, 11) is 0. The average Bonchev–Trinajstić information content (AvgIpc) is 3.05. The number of nitrogens with one attached hydrogen (secondary N) is 3. The van der Waals surface area contributed by atoms with E-state index in [0.717, 1.165) is 0 Å². The molecule has 10 nitrogen and oxygen atoms in total. The summed E-state index contributed by atoms with van der Waals surface area (Å²) in [5.41, 5.74) is 1.96. The van der Waals surface area contributed by atoms with Crippen LogP contribution in [0.25, 0.3) is 0 Å². The first-order valence-corrected chi connectivity index (χ1v) is 17.5. The topological polar surface area (TPSA) is 146 Å². The van der Waals surface area contributed by atoms with Gasteiger partial charge in [-0.1, -0.05) is 70.7 Å². The van der Waals surface area contributed by atoms with Crippen molar-refractivity contribution in [3.63, 3.8) is 0 Å². The summed E-state index contributed by atoms with van der Waals surface area (Å²) in [6.45, 7) is 6.92. The van der Waals surface area contributed by atoms with E-state index in [-0.39, 0.29) is 68.9 Å². The first kappa shape index (κ1) is 42.9. The van der Waals surface area contributed by atoms with Gasteiger partial charge in [0.25, 0.3) is 5.91 Å². The third kappa shape index (κ3) is 13.1. The predicted molar refractivity (Wildman–Crippen MR) is 203 cm³/mol. The van der Waals surface area contributed by atoms with Crippen LogP contribution in [0.3, 0.4) is 0 Å². The lowest BCUT2D eigenvalue weighted by Gasteiger charge is -2.15. The molecule has 4 aromatic carbocycles. The molecule has 284 valence electrons. The molecule has 0 spiro atoms. The molecule has 5 N–H and O–H groups in total. The van der Waals surface area contributed by atoms with Crippen LogP contribution in [0.15, 0.2) is 60.7 Å². The first-order chi connectivity index (χ1) is 25.0. The van der Waals surface area contributed by atoms with E-state index >= 15 is 0 Å². The standard InChI is InChI=1S/C19H19Cl2FN2O4.C18H18Cl2FNO3/c1-10(2)24-15-5-3-4-11(17(15)22)9-28-18-13(20)6-12(7-14(18)21)19(27)23-8-16(25)26;1-10(2)22-15-5-3-4-12(17(15)21)9-25-18-13(19)6-11(7-14(18)20)8-16(23)24/h3-7,10,24H,8-9H2,1-2H3,(H,23,27)(H,25,26);3-7,10,22H,8-9H2,1-2H3,(H,23,24). The monoisotopic (exact) mass is 813 g/mol. The van der Waals surface area contributed by atoms with Crippen molar-refractivity contribution in [2.45, 2.75) is 59.4 Å². The van der Waals surface area contributed by atoms with E-state index in [4.69, 9.17) is 66.1 Å². The number of rotatable bonds is 15. The lowest BCUT2D eigenvalue weighted by atomic mass is 10.1. The molecule has 0 atom stereocenters. The van der Waals surface area contributed by atoms with Crippen LogP contribution >= 0.6 is 46.4 Å². The number of amides is 1. The minimum absolute atomic E-state index is 0.0462. The first-order valence-electron chi connectivity index (χ1n) is 16.0. The Kier molecular flexibility index (Phi) is 16.3. The highest BCUT2D eigenvalue weighted by molar-refractivity contribution is 6.38. The molecule has 0 heterocycles. The summed E-state index contributed by atoms with van der Waals surface area (Å²) in [5, 5.41) is 26.1. The molecule has 0 aliphatic heterocycles. The minimum atomic E-state index is -1.18. The summed E-state index contributed by atoms with van der Waals surface area (Å²) in [4.78, 5) is 33.2. The maximum Gasteiger partial charge on any atom is 0.322 e. The van der Waals surface area contributed by atoms with Crippen molar-refractivity contribution < 1.29 is 42.9 Å². The van der Waals surface area contributed by atoms with Crippen molar-refractivity contribution in [1.82, 2.24) is 5.32 Å². The van der Waals surface area contributed by atoms with E-state index in [1.165, 1.54) is 24.3 Å². The predicted octanol–water partition coefficient (Wildman–Crippen LogP) is 9.51. The second kappa shape index (κ2) is 20.1. The molecule has 0 saturated heterocycles. The molecular weight excluding hydrogens is 778 g/mol. The number of anilines is 2. The Morgan fingerprint density at radius 3 is 1.47 bits per heavy atom. The Hall–Kier alpha value is -4.49. The molecule has 0 radical (unpaired) electrons. The van der Waals surface area contributed by atoms with E-state index < -0.39 is 36.0 Å². The third-order valence-corrected chi connectivity index (χ3v) is 7.99. The van der Waals surface area contributed by atoms with Crippen LogP contribution in [0.4, 0.5) is 20.2 Å². The SMILES string of the molecule is CC(C)Nc1cccc(COc2c(Cl)cc(C(=O)NCC(=O)O)cc2Cl)c1F.CC(C)Nc1cccc(COc2c(Cl)cc(CC(=O)O)cc2Cl)c1F. The summed E-state index contributed by atoms with van der Waals surface area (Å²) >= 11 is 24.5. The number of carboxylic acids is 2. The Balaban J connectivity index is 0.000000287. The molecule has 53 heavy (non-hydrogen) atoms. The molecule has 0 aromatic heterocycles. The second-order valence-corrected chi connectivity index (χ2v) is 13.7. The van der Waals surface area contributed by atoms with Crippen LogP contribution in [0.1, 0.15) is 54.7 Å². The van der Waals surface area contributed by atoms with Gasteiger partial charge in [0.2, 0.25) is 0 Å². The molecule has 0 aliphatic carbocycles. The fourth-order valence-electron chi connectivity index (χ4n) is 4.64. The van der Waals surface area contributed by atoms with Gasteiger partial charge < -0.3 is 35.6 Å². The summed E-state index contributed by atoms with van der Waals surface area (Å²) < 4.78 is 40.2. The van der Waals surface area contributed by atoms with Crippen molar-refractivity contribution in [1.29, 1.82) is 0 Å². The molecular formula is C37H37Cl4F2N3O7. The number of carbonyl (C=O) groups is 3. The minimum Gasteiger partial charge on any atom is -0.486 e. The number of hydrogen-bond donors (Lipinski definition) is 5. The zero-order valence-corrected chi connectivity index (χ0v) is 32.0. The number of halogens is 6. The highest BCUT2D eigenvalue weighted by Gasteiger charge is 2.17.